The number of rotatable bonds is 5. The van der Waals surface area contributed by atoms with Crippen LogP contribution in [-0.2, 0) is 6.42 Å². The Labute approximate surface area is 105 Å². The first-order chi connectivity index (χ1) is 8.33. The van der Waals surface area contributed by atoms with E-state index in [1.165, 1.54) is 6.07 Å². The van der Waals surface area contributed by atoms with E-state index in [9.17, 15) is 23.3 Å². The van der Waals surface area contributed by atoms with E-state index < -0.39 is 22.7 Å². The quantitative estimate of drug-likeness (QED) is 0.471. The van der Waals surface area contributed by atoms with Crippen molar-refractivity contribution >= 4 is 17.3 Å². The van der Waals surface area contributed by atoms with Gasteiger partial charge in [-0.2, -0.15) is 0 Å². The van der Waals surface area contributed by atoms with E-state index in [-0.39, 0.29) is 0 Å². The van der Waals surface area contributed by atoms with Gasteiger partial charge in [0.05, 0.1) is 11.0 Å². The Morgan fingerprint density at radius 2 is 2.06 bits per heavy atom. The summed E-state index contributed by atoms with van der Waals surface area (Å²) in [5.41, 5.74) is -0.0722. The molecule has 0 amide bonds. The minimum Gasteiger partial charge on any atom is -0.406 e. The third kappa shape index (κ3) is 4.40. The molecule has 0 aliphatic rings. The lowest BCUT2D eigenvalue weighted by atomic mass is 10.1. The van der Waals surface area contributed by atoms with Gasteiger partial charge in [-0.25, -0.2) is 0 Å². The molecule has 0 aliphatic carbocycles. The highest BCUT2D eigenvalue weighted by atomic mass is 35.5. The SMILES string of the molecule is O=[N+]([O-])c1cc(OC(F)(F)F)ccc1CCCCl. The molecule has 0 unspecified atom stereocenters. The zero-order valence-corrected chi connectivity index (χ0v) is 9.79. The fourth-order valence-corrected chi connectivity index (χ4v) is 1.51. The molecule has 18 heavy (non-hydrogen) atoms. The van der Waals surface area contributed by atoms with E-state index in [2.05, 4.69) is 4.74 Å². The largest absolute Gasteiger partial charge is 0.573 e. The number of nitrogens with zero attached hydrogens (tertiary/aromatic N) is 1. The fraction of sp³-hybridized carbons (Fsp3) is 0.400. The van der Waals surface area contributed by atoms with Gasteiger partial charge in [-0.15, -0.1) is 24.8 Å². The van der Waals surface area contributed by atoms with E-state index in [4.69, 9.17) is 11.6 Å². The minimum atomic E-state index is -4.87. The van der Waals surface area contributed by atoms with E-state index in [1.54, 1.807) is 0 Å². The second kappa shape index (κ2) is 5.90. The lowest BCUT2D eigenvalue weighted by Gasteiger charge is -2.09. The third-order valence-corrected chi connectivity index (χ3v) is 2.33. The Hall–Kier alpha value is -1.50. The zero-order valence-electron chi connectivity index (χ0n) is 9.04. The highest BCUT2D eigenvalue weighted by Gasteiger charge is 2.32. The molecule has 0 spiro atoms. The number of hydrogen-bond donors (Lipinski definition) is 0. The van der Waals surface area contributed by atoms with Crippen molar-refractivity contribution in [2.45, 2.75) is 19.2 Å². The summed E-state index contributed by atoms with van der Waals surface area (Å²) in [6, 6.07) is 3.05. The predicted molar refractivity (Wildman–Crippen MR) is 58.8 cm³/mol. The lowest BCUT2D eigenvalue weighted by Crippen LogP contribution is -2.17. The number of ether oxygens (including phenoxy) is 1. The second-order valence-electron chi connectivity index (χ2n) is 3.39. The smallest absolute Gasteiger partial charge is 0.406 e. The van der Waals surface area contributed by atoms with E-state index in [0.29, 0.717) is 24.3 Å². The summed E-state index contributed by atoms with van der Waals surface area (Å²) >= 11 is 5.46. The Balaban J connectivity index is 2.99. The first-order valence-corrected chi connectivity index (χ1v) is 5.46. The molecule has 0 aliphatic heterocycles. The standard InChI is InChI=1S/C10H9ClF3NO3/c11-5-1-2-7-3-4-8(18-10(12,13)14)6-9(7)15(16)17/h3-4,6H,1-2,5H2. The summed E-state index contributed by atoms with van der Waals surface area (Å²) in [6.07, 6.45) is -4.04. The van der Waals surface area contributed by atoms with Crippen LogP contribution in [-0.4, -0.2) is 17.2 Å². The molecular weight excluding hydrogens is 275 g/mol. The van der Waals surface area contributed by atoms with Gasteiger partial charge in [0.15, 0.2) is 0 Å². The summed E-state index contributed by atoms with van der Waals surface area (Å²) in [5.74, 6) is -0.290. The summed E-state index contributed by atoms with van der Waals surface area (Å²) < 4.78 is 39.5. The Morgan fingerprint density at radius 1 is 1.39 bits per heavy atom. The number of halogens is 4. The second-order valence-corrected chi connectivity index (χ2v) is 3.77. The van der Waals surface area contributed by atoms with Crippen molar-refractivity contribution < 1.29 is 22.8 Å². The summed E-state index contributed by atoms with van der Waals surface area (Å²) in [6.45, 7) is 0. The molecule has 4 nitrogen and oxygen atoms in total. The van der Waals surface area contributed by atoms with Gasteiger partial charge in [0.2, 0.25) is 0 Å². The van der Waals surface area contributed by atoms with Crippen molar-refractivity contribution in [1.29, 1.82) is 0 Å². The highest BCUT2D eigenvalue weighted by Crippen LogP contribution is 2.29. The van der Waals surface area contributed by atoms with Gasteiger partial charge >= 0.3 is 6.36 Å². The topological polar surface area (TPSA) is 52.4 Å². The number of nitro groups is 1. The van der Waals surface area contributed by atoms with Crippen molar-refractivity contribution in [2.75, 3.05) is 5.88 Å². The van der Waals surface area contributed by atoms with E-state index >= 15 is 0 Å². The van der Waals surface area contributed by atoms with Crippen molar-refractivity contribution in [1.82, 2.24) is 0 Å². The molecule has 8 heteroatoms. The molecule has 0 fully saturated rings. The molecule has 1 aromatic rings. The Morgan fingerprint density at radius 3 is 2.56 bits per heavy atom. The normalized spacial score (nSPS) is 11.3. The number of benzene rings is 1. The van der Waals surface area contributed by atoms with Gasteiger partial charge in [-0.05, 0) is 25.0 Å². The maximum absolute atomic E-state index is 12.0. The first-order valence-electron chi connectivity index (χ1n) is 4.92. The molecule has 0 bridgehead atoms. The summed E-state index contributed by atoms with van der Waals surface area (Å²) in [5, 5.41) is 10.7. The zero-order chi connectivity index (χ0) is 13.8. The van der Waals surface area contributed by atoms with Gasteiger partial charge in [-0.1, -0.05) is 0 Å². The van der Waals surface area contributed by atoms with Crippen LogP contribution in [0.2, 0.25) is 0 Å². The molecule has 0 heterocycles. The van der Waals surface area contributed by atoms with Crippen molar-refractivity contribution in [3.63, 3.8) is 0 Å². The molecule has 0 saturated heterocycles. The molecule has 1 aromatic carbocycles. The van der Waals surface area contributed by atoms with Crippen LogP contribution in [0.15, 0.2) is 18.2 Å². The predicted octanol–water partition coefficient (Wildman–Crippen LogP) is 3.66. The van der Waals surface area contributed by atoms with Crippen molar-refractivity contribution in [3.8, 4) is 5.75 Å². The average molecular weight is 284 g/mol. The maximum Gasteiger partial charge on any atom is 0.573 e. The fourth-order valence-electron chi connectivity index (χ4n) is 1.38. The average Bonchev–Trinajstić information content (AvgIpc) is 2.25. The lowest BCUT2D eigenvalue weighted by molar-refractivity contribution is -0.385. The van der Waals surface area contributed by atoms with Crippen LogP contribution >= 0.6 is 11.6 Å². The number of alkyl halides is 4. The van der Waals surface area contributed by atoms with Crippen LogP contribution in [0, 0.1) is 10.1 Å². The molecule has 100 valence electrons. The third-order valence-electron chi connectivity index (χ3n) is 2.07. The van der Waals surface area contributed by atoms with Crippen LogP contribution in [0.3, 0.4) is 0 Å². The molecule has 0 N–H and O–H groups in total. The van der Waals surface area contributed by atoms with E-state index in [0.717, 1.165) is 12.1 Å². The molecule has 1 rings (SSSR count). The van der Waals surface area contributed by atoms with Gasteiger partial charge < -0.3 is 4.74 Å². The van der Waals surface area contributed by atoms with Crippen molar-refractivity contribution in [3.05, 3.63) is 33.9 Å². The number of hydrogen-bond acceptors (Lipinski definition) is 3. The molecule has 0 atom stereocenters. The Bertz CT molecular complexity index is 437. The monoisotopic (exact) mass is 283 g/mol. The molecule has 0 aromatic heterocycles. The Kier molecular flexibility index (Phi) is 4.77. The molecule has 0 saturated carbocycles. The van der Waals surface area contributed by atoms with Crippen LogP contribution < -0.4 is 4.74 Å². The van der Waals surface area contributed by atoms with Crippen LogP contribution in [0.4, 0.5) is 18.9 Å². The van der Waals surface area contributed by atoms with Crippen LogP contribution in [0.1, 0.15) is 12.0 Å². The van der Waals surface area contributed by atoms with Crippen molar-refractivity contribution in [2.24, 2.45) is 0 Å². The number of aryl methyl sites for hydroxylation is 1. The minimum absolute atomic E-state index is 0.317. The molecule has 0 radical (unpaired) electrons. The van der Waals surface area contributed by atoms with Gasteiger partial charge in [0.25, 0.3) is 5.69 Å². The molecular formula is C10H9ClF3NO3. The maximum atomic E-state index is 12.0. The first kappa shape index (κ1) is 14.6. The van der Waals surface area contributed by atoms with Gasteiger partial charge in [0.1, 0.15) is 5.75 Å². The van der Waals surface area contributed by atoms with Crippen LogP contribution in [0.25, 0.3) is 0 Å². The number of nitro benzene ring substituents is 1. The van der Waals surface area contributed by atoms with E-state index in [1.807, 2.05) is 0 Å². The van der Waals surface area contributed by atoms with Gasteiger partial charge in [-0.3, -0.25) is 10.1 Å². The van der Waals surface area contributed by atoms with Gasteiger partial charge in [0, 0.05) is 11.4 Å². The summed E-state index contributed by atoms with van der Waals surface area (Å²) in [4.78, 5) is 10.00. The summed E-state index contributed by atoms with van der Waals surface area (Å²) in [7, 11) is 0. The highest BCUT2D eigenvalue weighted by molar-refractivity contribution is 6.17. The van der Waals surface area contributed by atoms with Crippen LogP contribution in [0.5, 0.6) is 5.75 Å².